The highest BCUT2D eigenvalue weighted by Crippen LogP contribution is 2.13. The number of nitrogens with zero attached hydrogens (tertiary/aromatic N) is 1. The van der Waals surface area contributed by atoms with Crippen molar-refractivity contribution in [1.82, 2.24) is 0 Å². The maximum atomic E-state index is 12.4. The summed E-state index contributed by atoms with van der Waals surface area (Å²) in [4.78, 5) is 12.1. The lowest BCUT2D eigenvalue weighted by molar-refractivity contribution is -0.114. The number of carbonyl (C=O) groups excluding carboxylic acids is 1. The molecular weight excluding hydrogens is 169 g/mol. The lowest BCUT2D eigenvalue weighted by Crippen LogP contribution is -2.27. The number of benzene rings is 1. The fourth-order valence-electron chi connectivity index (χ4n) is 0.973. The first-order valence-electron chi connectivity index (χ1n) is 3.84. The highest BCUT2D eigenvalue weighted by atomic mass is 19.1. The first kappa shape index (κ1) is 9.45. The maximum Gasteiger partial charge on any atom is 0.252 e. The van der Waals surface area contributed by atoms with Gasteiger partial charge < -0.3 is 0 Å². The Labute approximate surface area is 76.3 Å². The number of amides is 1. The minimum atomic E-state index is -0.838. The van der Waals surface area contributed by atoms with Crippen molar-refractivity contribution in [3.63, 3.8) is 0 Å². The molecule has 1 aromatic carbocycles. The second-order valence-corrected chi connectivity index (χ2v) is 2.43. The Balaban J connectivity index is 2.91. The summed E-state index contributed by atoms with van der Waals surface area (Å²) >= 11 is 0. The van der Waals surface area contributed by atoms with E-state index in [-0.39, 0.29) is 0 Å². The summed E-state index contributed by atoms with van der Waals surface area (Å²) in [6.45, 7) is 2.46. The number of hydrogen-bond acceptors (Lipinski definition) is 1. The van der Waals surface area contributed by atoms with Gasteiger partial charge in [-0.25, -0.2) is 4.39 Å². The molecule has 0 heterocycles. The van der Waals surface area contributed by atoms with Crippen molar-refractivity contribution in [2.24, 2.45) is 0 Å². The summed E-state index contributed by atoms with van der Waals surface area (Å²) in [5.74, 6) is -0.436. The van der Waals surface area contributed by atoms with Crippen molar-refractivity contribution in [1.29, 1.82) is 0 Å². The molecule has 0 spiro atoms. The van der Waals surface area contributed by atoms with Gasteiger partial charge in [-0.15, -0.1) is 0 Å². The van der Waals surface area contributed by atoms with E-state index in [4.69, 9.17) is 0 Å². The standard InChI is InChI=1S/C10H10FNO/c1-2-10(13)12(8-11)9-6-4-3-5-7-9/h2-7H,1,8H2. The Morgan fingerprint density at radius 2 is 2.08 bits per heavy atom. The van der Waals surface area contributed by atoms with Gasteiger partial charge in [0.1, 0.15) is 0 Å². The number of para-hydroxylation sites is 1. The van der Waals surface area contributed by atoms with Gasteiger partial charge in [0.05, 0.1) is 0 Å². The molecular formula is C10H10FNO. The van der Waals surface area contributed by atoms with Crippen LogP contribution in [0.15, 0.2) is 43.0 Å². The van der Waals surface area contributed by atoms with Gasteiger partial charge in [-0.3, -0.25) is 9.69 Å². The molecule has 0 aliphatic carbocycles. The van der Waals surface area contributed by atoms with Crippen LogP contribution in [0.25, 0.3) is 0 Å². The predicted octanol–water partition coefficient (Wildman–Crippen LogP) is 2.13. The molecule has 68 valence electrons. The van der Waals surface area contributed by atoms with Gasteiger partial charge >= 0.3 is 0 Å². The van der Waals surface area contributed by atoms with Crippen LogP contribution in [0.3, 0.4) is 0 Å². The van der Waals surface area contributed by atoms with Crippen LogP contribution >= 0.6 is 0 Å². The maximum absolute atomic E-state index is 12.4. The summed E-state index contributed by atoms with van der Waals surface area (Å²) < 4.78 is 12.4. The molecule has 0 fully saturated rings. The van der Waals surface area contributed by atoms with Gasteiger partial charge in [0.25, 0.3) is 5.91 Å². The Morgan fingerprint density at radius 3 is 2.54 bits per heavy atom. The highest BCUT2D eigenvalue weighted by molar-refractivity contribution is 6.00. The number of halogens is 1. The van der Waals surface area contributed by atoms with E-state index in [9.17, 15) is 9.18 Å². The average Bonchev–Trinajstić information content (AvgIpc) is 2.20. The minimum Gasteiger partial charge on any atom is -0.280 e. The van der Waals surface area contributed by atoms with E-state index in [0.29, 0.717) is 5.69 Å². The number of anilines is 1. The third-order valence-corrected chi connectivity index (χ3v) is 1.63. The summed E-state index contributed by atoms with van der Waals surface area (Å²) in [6, 6.07) is 8.63. The van der Waals surface area contributed by atoms with E-state index >= 15 is 0 Å². The van der Waals surface area contributed by atoms with Gasteiger partial charge in [0, 0.05) is 5.69 Å². The second-order valence-electron chi connectivity index (χ2n) is 2.43. The topological polar surface area (TPSA) is 20.3 Å². The van der Waals surface area contributed by atoms with E-state index in [0.717, 1.165) is 11.0 Å². The quantitative estimate of drug-likeness (QED) is 0.514. The number of rotatable bonds is 3. The van der Waals surface area contributed by atoms with Crippen LogP contribution < -0.4 is 4.90 Å². The predicted molar refractivity (Wildman–Crippen MR) is 50.1 cm³/mol. The zero-order chi connectivity index (χ0) is 9.68. The Hall–Kier alpha value is -1.64. The van der Waals surface area contributed by atoms with Crippen molar-refractivity contribution >= 4 is 11.6 Å². The first-order valence-corrected chi connectivity index (χ1v) is 3.84. The van der Waals surface area contributed by atoms with Gasteiger partial charge in [0.2, 0.25) is 0 Å². The van der Waals surface area contributed by atoms with Crippen molar-refractivity contribution in [3.05, 3.63) is 43.0 Å². The fourth-order valence-corrected chi connectivity index (χ4v) is 0.973. The molecule has 0 atom stereocenters. The van der Waals surface area contributed by atoms with Gasteiger partial charge in [-0.1, -0.05) is 24.8 Å². The molecule has 0 aliphatic heterocycles. The lowest BCUT2D eigenvalue weighted by atomic mass is 10.3. The molecule has 1 amide bonds. The Bertz CT molecular complexity index is 297. The van der Waals surface area contributed by atoms with Gasteiger partial charge in [-0.2, -0.15) is 0 Å². The van der Waals surface area contributed by atoms with Gasteiger partial charge in [-0.05, 0) is 18.2 Å². The van der Waals surface area contributed by atoms with Crippen molar-refractivity contribution < 1.29 is 9.18 Å². The fraction of sp³-hybridized carbons (Fsp3) is 0.100. The number of hydrogen-bond donors (Lipinski definition) is 0. The smallest absolute Gasteiger partial charge is 0.252 e. The average molecular weight is 179 g/mol. The molecule has 0 saturated heterocycles. The minimum absolute atomic E-state index is 0.436. The molecule has 2 nitrogen and oxygen atoms in total. The van der Waals surface area contributed by atoms with E-state index in [2.05, 4.69) is 6.58 Å². The Kier molecular flexibility index (Phi) is 3.20. The number of carbonyl (C=O) groups is 1. The third kappa shape index (κ3) is 2.15. The van der Waals surface area contributed by atoms with Crippen LogP contribution in [0.1, 0.15) is 0 Å². The first-order chi connectivity index (χ1) is 6.29. The van der Waals surface area contributed by atoms with Crippen molar-refractivity contribution in [3.8, 4) is 0 Å². The van der Waals surface area contributed by atoms with Crippen LogP contribution in [0.5, 0.6) is 0 Å². The molecule has 13 heavy (non-hydrogen) atoms. The zero-order valence-corrected chi connectivity index (χ0v) is 7.11. The van der Waals surface area contributed by atoms with Crippen molar-refractivity contribution in [2.75, 3.05) is 11.7 Å². The van der Waals surface area contributed by atoms with E-state index in [1.54, 1.807) is 30.3 Å². The molecule has 0 aliphatic rings. The summed E-state index contributed by atoms with van der Waals surface area (Å²) in [5, 5.41) is 0. The molecule has 0 unspecified atom stereocenters. The SMILES string of the molecule is C=CC(=O)N(CF)c1ccccc1. The molecule has 1 rings (SSSR count). The van der Waals surface area contributed by atoms with E-state index < -0.39 is 12.7 Å². The Morgan fingerprint density at radius 1 is 1.46 bits per heavy atom. The molecule has 0 bridgehead atoms. The van der Waals surface area contributed by atoms with Crippen LogP contribution in [-0.2, 0) is 4.79 Å². The molecule has 0 N–H and O–H groups in total. The highest BCUT2D eigenvalue weighted by Gasteiger charge is 2.10. The number of alkyl halides is 1. The molecule has 3 heteroatoms. The summed E-state index contributed by atoms with van der Waals surface area (Å²) in [7, 11) is 0. The van der Waals surface area contributed by atoms with Crippen LogP contribution in [0.4, 0.5) is 10.1 Å². The van der Waals surface area contributed by atoms with Crippen LogP contribution in [0.2, 0.25) is 0 Å². The zero-order valence-electron chi connectivity index (χ0n) is 7.11. The van der Waals surface area contributed by atoms with Crippen LogP contribution in [0, 0.1) is 0 Å². The monoisotopic (exact) mass is 179 g/mol. The molecule has 1 aromatic rings. The normalized spacial score (nSPS) is 9.31. The summed E-state index contributed by atoms with van der Waals surface area (Å²) in [5.41, 5.74) is 0.537. The van der Waals surface area contributed by atoms with E-state index in [1.165, 1.54) is 0 Å². The van der Waals surface area contributed by atoms with Crippen LogP contribution in [-0.4, -0.2) is 12.7 Å². The van der Waals surface area contributed by atoms with Crippen molar-refractivity contribution in [2.45, 2.75) is 0 Å². The summed E-state index contributed by atoms with van der Waals surface area (Å²) in [6.07, 6.45) is 1.09. The van der Waals surface area contributed by atoms with E-state index in [1.807, 2.05) is 0 Å². The molecule has 0 aromatic heterocycles. The second kappa shape index (κ2) is 4.40. The van der Waals surface area contributed by atoms with Gasteiger partial charge in [0.15, 0.2) is 6.80 Å². The molecule has 0 saturated carbocycles. The largest absolute Gasteiger partial charge is 0.280 e. The third-order valence-electron chi connectivity index (χ3n) is 1.63. The molecule has 0 radical (unpaired) electrons. The lowest BCUT2D eigenvalue weighted by Gasteiger charge is -2.16.